The monoisotopic (exact) mass is 320 g/mol. The summed E-state index contributed by atoms with van der Waals surface area (Å²) in [5.74, 6) is 0. The molecule has 2 nitrogen and oxygen atoms in total. The smallest absolute Gasteiger partial charge is 0.0929 e. The standard InChI is InChI=1S/C16H14N2.C2H6.2C2H4/c1-18-16(14-10-6-3-7-11-14)12-15(17-18)13-8-4-2-5-9-13;3*1-2/h2-12H,1H3;1-2H3;2*1-2H2. The third-order valence-electron chi connectivity index (χ3n) is 3.02. The largest absolute Gasteiger partial charge is 0.267 e. The van der Waals surface area contributed by atoms with E-state index in [2.05, 4.69) is 61.7 Å². The summed E-state index contributed by atoms with van der Waals surface area (Å²) in [7, 11) is 1.98. The molecule has 0 radical (unpaired) electrons. The zero-order valence-corrected chi connectivity index (χ0v) is 15.1. The van der Waals surface area contributed by atoms with Crippen LogP contribution in [0.15, 0.2) is 93.0 Å². The molecule has 0 unspecified atom stereocenters. The minimum atomic E-state index is 1.01. The van der Waals surface area contributed by atoms with E-state index in [4.69, 9.17) is 0 Å². The van der Waals surface area contributed by atoms with Crippen LogP contribution in [0.5, 0.6) is 0 Å². The van der Waals surface area contributed by atoms with Crippen LogP contribution >= 0.6 is 0 Å². The highest BCUT2D eigenvalue weighted by Crippen LogP contribution is 2.24. The predicted octanol–water partition coefficient (Wildman–Crippen LogP) is 6.38. The Morgan fingerprint density at radius 1 is 0.708 bits per heavy atom. The topological polar surface area (TPSA) is 17.8 Å². The van der Waals surface area contributed by atoms with Crippen molar-refractivity contribution in [3.63, 3.8) is 0 Å². The number of nitrogens with zero attached hydrogens (tertiary/aromatic N) is 2. The maximum absolute atomic E-state index is 4.57. The first kappa shape index (κ1) is 21.1. The zero-order chi connectivity index (χ0) is 18.4. The number of hydrogen-bond acceptors (Lipinski definition) is 1. The van der Waals surface area contributed by atoms with E-state index >= 15 is 0 Å². The molecule has 0 saturated heterocycles. The van der Waals surface area contributed by atoms with Gasteiger partial charge in [-0.1, -0.05) is 74.5 Å². The van der Waals surface area contributed by atoms with Crippen molar-refractivity contribution in [1.82, 2.24) is 9.78 Å². The number of aromatic nitrogens is 2. The predicted molar refractivity (Wildman–Crippen MR) is 108 cm³/mol. The summed E-state index contributed by atoms with van der Waals surface area (Å²) in [6, 6.07) is 22.7. The van der Waals surface area contributed by atoms with Gasteiger partial charge in [0.1, 0.15) is 0 Å². The van der Waals surface area contributed by atoms with Crippen molar-refractivity contribution in [2.45, 2.75) is 13.8 Å². The van der Waals surface area contributed by atoms with Crippen LogP contribution in [0, 0.1) is 0 Å². The van der Waals surface area contributed by atoms with E-state index in [-0.39, 0.29) is 0 Å². The van der Waals surface area contributed by atoms with Gasteiger partial charge in [-0.2, -0.15) is 5.10 Å². The van der Waals surface area contributed by atoms with Crippen LogP contribution in [0.25, 0.3) is 22.5 Å². The molecule has 3 aromatic rings. The molecule has 0 bridgehead atoms. The van der Waals surface area contributed by atoms with E-state index in [9.17, 15) is 0 Å². The van der Waals surface area contributed by atoms with E-state index in [1.807, 2.05) is 62.0 Å². The molecule has 0 fully saturated rings. The maximum atomic E-state index is 4.57. The fraction of sp³-hybridized carbons (Fsp3) is 0.136. The Morgan fingerprint density at radius 3 is 1.58 bits per heavy atom. The highest BCUT2D eigenvalue weighted by molar-refractivity contribution is 5.68. The molecule has 0 saturated carbocycles. The van der Waals surface area contributed by atoms with Crippen LogP contribution in [0.2, 0.25) is 0 Å². The van der Waals surface area contributed by atoms with E-state index in [0.29, 0.717) is 0 Å². The molecule has 0 aliphatic carbocycles. The van der Waals surface area contributed by atoms with Crippen LogP contribution < -0.4 is 0 Å². The maximum Gasteiger partial charge on any atom is 0.0929 e. The van der Waals surface area contributed by atoms with Gasteiger partial charge < -0.3 is 0 Å². The molecule has 0 spiro atoms. The normalized spacial score (nSPS) is 8.46. The SMILES string of the molecule is C=C.C=C.CC.Cn1nc(-c2ccccc2)cc1-c1ccccc1. The van der Waals surface area contributed by atoms with Crippen molar-refractivity contribution in [2.24, 2.45) is 7.05 Å². The Morgan fingerprint density at radius 2 is 1.12 bits per heavy atom. The Balaban J connectivity index is 0.000000798. The first-order valence-corrected chi connectivity index (χ1v) is 7.99. The molecule has 126 valence electrons. The summed E-state index contributed by atoms with van der Waals surface area (Å²) in [6.45, 7) is 16.0. The van der Waals surface area contributed by atoms with Gasteiger partial charge in [0.2, 0.25) is 0 Å². The van der Waals surface area contributed by atoms with Gasteiger partial charge in [0.25, 0.3) is 0 Å². The minimum absolute atomic E-state index is 1.01. The fourth-order valence-electron chi connectivity index (χ4n) is 2.10. The second-order valence-electron chi connectivity index (χ2n) is 4.27. The highest BCUT2D eigenvalue weighted by Gasteiger charge is 2.08. The second kappa shape index (κ2) is 12.7. The lowest BCUT2D eigenvalue weighted by Crippen LogP contribution is -1.93. The van der Waals surface area contributed by atoms with E-state index in [1.54, 1.807) is 0 Å². The van der Waals surface area contributed by atoms with Gasteiger partial charge in [0, 0.05) is 12.6 Å². The van der Waals surface area contributed by atoms with Gasteiger partial charge in [-0.3, -0.25) is 4.68 Å². The molecule has 0 amide bonds. The van der Waals surface area contributed by atoms with Crippen molar-refractivity contribution in [2.75, 3.05) is 0 Å². The molecule has 1 aromatic heterocycles. The number of benzene rings is 2. The van der Waals surface area contributed by atoms with Gasteiger partial charge in [-0.05, 0) is 11.6 Å². The molecule has 2 heteroatoms. The first-order chi connectivity index (χ1) is 11.8. The quantitative estimate of drug-likeness (QED) is 0.501. The van der Waals surface area contributed by atoms with E-state index < -0.39 is 0 Å². The molecular formula is C22H28N2. The average Bonchev–Trinajstić information content (AvgIpc) is 3.10. The van der Waals surface area contributed by atoms with E-state index in [1.165, 1.54) is 5.56 Å². The van der Waals surface area contributed by atoms with Crippen molar-refractivity contribution in [1.29, 1.82) is 0 Å². The summed E-state index contributed by atoms with van der Waals surface area (Å²) >= 11 is 0. The third kappa shape index (κ3) is 5.73. The van der Waals surface area contributed by atoms with Crippen LogP contribution in [0.3, 0.4) is 0 Å². The van der Waals surface area contributed by atoms with Gasteiger partial charge in [-0.25, -0.2) is 0 Å². The molecule has 2 aromatic carbocycles. The molecule has 0 aliphatic heterocycles. The molecule has 24 heavy (non-hydrogen) atoms. The summed E-state index contributed by atoms with van der Waals surface area (Å²) < 4.78 is 1.93. The Kier molecular flexibility index (Phi) is 11.1. The summed E-state index contributed by atoms with van der Waals surface area (Å²) in [6.07, 6.45) is 0. The van der Waals surface area contributed by atoms with Gasteiger partial charge in [0.05, 0.1) is 11.4 Å². The lowest BCUT2D eigenvalue weighted by molar-refractivity contribution is 0.779. The Labute approximate surface area is 146 Å². The van der Waals surface area contributed by atoms with E-state index in [0.717, 1.165) is 17.0 Å². The molecule has 0 atom stereocenters. The van der Waals surface area contributed by atoms with Crippen LogP contribution in [-0.2, 0) is 7.05 Å². The summed E-state index contributed by atoms with van der Waals surface area (Å²) in [4.78, 5) is 0. The zero-order valence-electron chi connectivity index (χ0n) is 15.1. The molecule has 3 rings (SSSR count). The van der Waals surface area contributed by atoms with Crippen molar-refractivity contribution < 1.29 is 0 Å². The van der Waals surface area contributed by atoms with Gasteiger partial charge >= 0.3 is 0 Å². The summed E-state index contributed by atoms with van der Waals surface area (Å²) in [5.41, 5.74) is 4.48. The van der Waals surface area contributed by atoms with Gasteiger partial charge in [0.15, 0.2) is 0 Å². The third-order valence-corrected chi connectivity index (χ3v) is 3.02. The first-order valence-electron chi connectivity index (χ1n) is 7.99. The van der Waals surface area contributed by atoms with Crippen LogP contribution in [0.1, 0.15) is 13.8 Å². The molecule has 0 N–H and O–H groups in total. The number of rotatable bonds is 2. The van der Waals surface area contributed by atoms with Crippen LogP contribution in [0.4, 0.5) is 0 Å². The molecule has 1 heterocycles. The Bertz CT molecular complexity index is 668. The van der Waals surface area contributed by atoms with Crippen LogP contribution in [-0.4, -0.2) is 9.78 Å². The molecular weight excluding hydrogens is 292 g/mol. The van der Waals surface area contributed by atoms with Crippen molar-refractivity contribution in [3.05, 3.63) is 93.0 Å². The van der Waals surface area contributed by atoms with Gasteiger partial charge in [-0.15, -0.1) is 26.3 Å². The second-order valence-corrected chi connectivity index (χ2v) is 4.27. The lowest BCUT2D eigenvalue weighted by atomic mass is 10.1. The average molecular weight is 320 g/mol. The number of hydrogen-bond donors (Lipinski definition) is 0. The fourth-order valence-corrected chi connectivity index (χ4v) is 2.10. The number of aryl methyl sites for hydroxylation is 1. The lowest BCUT2D eigenvalue weighted by Gasteiger charge is -1.99. The summed E-state index contributed by atoms with van der Waals surface area (Å²) in [5, 5.41) is 4.57. The molecule has 0 aliphatic rings. The van der Waals surface area contributed by atoms with Crippen molar-refractivity contribution in [3.8, 4) is 22.5 Å². The minimum Gasteiger partial charge on any atom is -0.267 e. The highest BCUT2D eigenvalue weighted by atomic mass is 15.3. The Hall–Kier alpha value is -2.87. The van der Waals surface area contributed by atoms with Crippen molar-refractivity contribution >= 4 is 0 Å².